The number of aliphatic hydroxyl groups excluding tert-OH is 1. The summed E-state index contributed by atoms with van der Waals surface area (Å²) in [5.41, 5.74) is 7.06. The molecule has 1 unspecified atom stereocenters. The molecule has 0 bridgehead atoms. The van der Waals surface area contributed by atoms with Gasteiger partial charge in [-0.2, -0.15) is 0 Å². The van der Waals surface area contributed by atoms with Crippen molar-refractivity contribution in [3.8, 4) is 5.75 Å². The number of ether oxygens (including phenoxy) is 1. The number of aryl methyl sites for hydroxylation is 1. The molecule has 0 aliphatic rings. The van der Waals surface area contributed by atoms with Crippen LogP contribution in [0.25, 0.3) is 0 Å². The zero-order valence-electron chi connectivity index (χ0n) is 8.87. The summed E-state index contributed by atoms with van der Waals surface area (Å²) >= 11 is 0. The molecule has 1 rings (SSSR count). The molecule has 0 aliphatic carbocycles. The van der Waals surface area contributed by atoms with Crippen molar-refractivity contribution in [2.75, 3.05) is 13.7 Å². The lowest BCUT2D eigenvalue weighted by Crippen LogP contribution is -2.37. The third-order valence-electron chi connectivity index (χ3n) is 2.36. The molecule has 0 heterocycles. The lowest BCUT2D eigenvalue weighted by Gasteiger charge is -2.25. The van der Waals surface area contributed by atoms with Gasteiger partial charge in [0.25, 0.3) is 0 Å². The lowest BCUT2D eigenvalue weighted by atomic mass is 9.92. The van der Waals surface area contributed by atoms with Crippen LogP contribution >= 0.6 is 0 Å². The molecular weight excluding hydrogens is 178 g/mol. The predicted octanol–water partition coefficient (Wildman–Crippen LogP) is 1.17. The summed E-state index contributed by atoms with van der Waals surface area (Å²) in [7, 11) is 1.61. The Hall–Kier alpha value is -1.06. The van der Waals surface area contributed by atoms with Crippen molar-refractivity contribution >= 4 is 0 Å². The molecule has 0 saturated heterocycles. The number of nitrogens with two attached hydrogens (primary N) is 1. The summed E-state index contributed by atoms with van der Waals surface area (Å²) in [6.07, 6.45) is 0. The van der Waals surface area contributed by atoms with Crippen molar-refractivity contribution < 1.29 is 9.84 Å². The van der Waals surface area contributed by atoms with Gasteiger partial charge in [-0.05, 0) is 19.4 Å². The van der Waals surface area contributed by atoms with Crippen LogP contribution in [0.3, 0.4) is 0 Å². The first-order valence-electron chi connectivity index (χ1n) is 4.56. The van der Waals surface area contributed by atoms with E-state index in [0.717, 1.165) is 16.9 Å². The van der Waals surface area contributed by atoms with Gasteiger partial charge >= 0.3 is 0 Å². The molecule has 3 heteroatoms. The molecule has 14 heavy (non-hydrogen) atoms. The lowest BCUT2D eigenvalue weighted by molar-refractivity contribution is 0.206. The van der Waals surface area contributed by atoms with Crippen molar-refractivity contribution in [2.45, 2.75) is 19.4 Å². The van der Waals surface area contributed by atoms with Gasteiger partial charge in [0.15, 0.2) is 0 Å². The van der Waals surface area contributed by atoms with Crippen LogP contribution in [0.15, 0.2) is 18.2 Å². The van der Waals surface area contributed by atoms with Gasteiger partial charge in [0.1, 0.15) is 5.75 Å². The van der Waals surface area contributed by atoms with E-state index in [1.807, 2.05) is 25.1 Å². The van der Waals surface area contributed by atoms with E-state index in [4.69, 9.17) is 10.5 Å². The van der Waals surface area contributed by atoms with E-state index in [2.05, 4.69) is 0 Å². The zero-order valence-corrected chi connectivity index (χ0v) is 8.87. The number of hydrogen-bond acceptors (Lipinski definition) is 3. The normalized spacial score (nSPS) is 14.9. The summed E-state index contributed by atoms with van der Waals surface area (Å²) in [4.78, 5) is 0. The maximum Gasteiger partial charge on any atom is 0.126 e. The molecular formula is C11H17NO2. The maximum absolute atomic E-state index is 9.18. The summed E-state index contributed by atoms with van der Waals surface area (Å²) in [5, 5.41) is 9.18. The van der Waals surface area contributed by atoms with Crippen LogP contribution in [0.4, 0.5) is 0 Å². The van der Waals surface area contributed by atoms with Crippen LogP contribution in [-0.2, 0) is 5.54 Å². The summed E-state index contributed by atoms with van der Waals surface area (Å²) in [5.74, 6) is 0.756. The fraction of sp³-hybridized carbons (Fsp3) is 0.455. The largest absolute Gasteiger partial charge is 0.496 e. The van der Waals surface area contributed by atoms with E-state index in [9.17, 15) is 5.11 Å². The van der Waals surface area contributed by atoms with E-state index in [-0.39, 0.29) is 6.61 Å². The molecule has 0 fully saturated rings. The number of rotatable bonds is 3. The van der Waals surface area contributed by atoms with Gasteiger partial charge in [-0.1, -0.05) is 18.2 Å². The minimum atomic E-state index is -0.753. The number of aliphatic hydroxyl groups is 1. The number of hydrogen-bond donors (Lipinski definition) is 2. The molecule has 3 N–H and O–H groups in total. The summed E-state index contributed by atoms with van der Waals surface area (Å²) in [6, 6.07) is 5.74. The summed E-state index contributed by atoms with van der Waals surface area (Å²) < 4.78 is 5.27. The fourth-order valence-corrected chi connectivity index (χ4v) is 1.46. The highest BCUT2D eigenvalue weighted by molar-refractivity contribution is 5.44. The zero-order chi connectivity index (χ0) is 10.8. The highest BCUT2D eigenvalue weighted by Gasteiger charge is 2.24. The Morgan fingerprint density at radius 2 is 2.14 bits per heavy atom. The Morgan fingerprint density at radius 1 is 1.50 bits per heavy atom. The average Bonchev–Trinajstić information content (AvgIpc) is 2.17. The molecule has 0 saturated carbocycles. The number of methoxy groups -OCH3 is 1. The van der Waals surface area contributed by atoms with Gasteiger partial charge in [-0.25, -0.2) is 0 Å². The average molecular weight is 195 g/mol. The summed E-state index contributed by atoms with van der Waals surface area (Å²) in [6.45, 7) is 3.63. The fourth-order valence-electron chi connectivity index (χ4n) is 1.46. The highest BCUT2D eigenvalue weighted by Crippen LogP contribution is 2.30. The van der Waals surface area contributed by atoms with Crippen molar-refractivity contribution in [3.63, 3.8) is 0 Å². The minimum absolute atomic E-state index is 0.104. The molecule has 0 radical (unpaired) electrons. The standard InChI is InChI=1S/C11H17NO2/c1-8-5-4-6-9(10(8)14-3)11(2,12)7-13/h4-6,13H,7,12H2,1-3H3. The Labute approximate surface area is 84.5 Å². The molecule has 1 atom stereocenters. The SMILES string of the molecule is COc1c(C)cccc1C(C)(N)CO. The Balaban J connectivity index is 3.27. The molecule has 0 aliphatic heterocycles. The van der Waals surface area contributed by atoms with Crippen LogP contribution in [0.1, 0.15) is 18.1 Å². The topological polar surface area (TPSA) is 55.5 Å². The van der Waals surface area contributed by atoms with Gasteiger partial charge in [0.2, 0.25) is 0 Å². The van der Waals surface area contributed by atoms with E-state index in [1.54, 1.807) is 14.0 Å². The van der Waals surface area contributed by atoms with E-state index in [1.165, 1.54) is 0 Å². The first kappa shape index (κ1) is 11.0. The molecule has 0 aromatic heterocycles. The third-order valence-corrected chi connectivity index (χ3v) is 2.36. The minimum Gasteiger partial charge on any atom is -0.496 e. The maximum atomic E-state index is 9.18. The van der Waals surface area contributed by atoms with Gasteiger partial charge in [-0.15, -0.1) is 0 Å². The molecule has 0 spiro atoms. The second-order valence-electron chi connectivity index (χ2n) is 3.73. The Bertz CT molecular complexity index is 321. The van der Waals surface area contributed by atoms with Crippen LogP contribution in [0, 0.1) is 6.92 Å². The van der Waals surface area contributed by atoms with E-state index >= 15 is 0 Å². The van der Waals surface area contributed by atoms with Crippen molar-refractivity contribution in [2.24, 2.45) is 5.73 Å². The van der Waals surface area contributed by atoms with Crippen LogP contribution in [-0.4, -0.2) is 18.8 Å². The number of para-hydroxylation sites is 1. The first-order valence-corrected chi connectivity index (χ1v) is 4.56. The molecule has 78 valence electrons. The molecule has 1 aromatic carbocycles. The molecule has 3 nitrogen and oxygen atoms in total. The number of benzene rings is 1. The van der Waals surface area contributed by atoms with Gasteiger partial charge in [-0.3, -0.25) is 0 Å². The van der Waals surface area contributed by atoms with E-state index < -0.39 is 5.54 Å². The smallest absolute Gasteiger partial charge is 0.126 e. The third kappa shape index (κ3) is 1.89. The molecule has 0 amide bonds. The van der Waals surface area contributed by atoms with E-state index in [0.29, 0.717) is 0 Å². The Morgan fingerprint density at radius 3 is 2.64 bits per heavy atom. The second kappa shape index (κ2) is 3.98. The second-order valence-corrected chi connectivity index (χ2v) is 3.73. The highest BCUT2D eigenvalue weighted by atomic mass is 16.5. The van der Waals surface area contributed by atoms with Gasteiger partial charge in [0.05, 0.1) is 19.3 Å². The first-order chi connectivity index (χ1) is 6.53. The predicted molar refractivity (Wildman–Crippen MR) is 56.4 cm³/mol. The molecule has 1 aromatic rings. The Kier molecular flexibility index (Phi) is 3.13. The van der Waals surface area contributed by atoms with Crippen LogP contribution < -0.4 is 10.5 Å². The van der Waals surface area contributed by atoms with Crippen LogP contribution in [0.2, 0.25) is 0 Å². The monoisotopic (exact) mass is 195 g/mol. The quantitative estimate of drug-likeness (QED) is 0.761. The van der Waals surface area contributed by atoms with Crippen LogP contribution in [0.5, 0.6) is 5.75 Å². The van der Waals surface area contributed by atoms with Gasteiger partial charge < -0.3 is 15.6 Å². The van der Waals surface area contributed by atoms with Crippen molar-refractivity contribution in [1.29, 1.82) is 0 Å². The van der Waals surface area contributed by atoms with Crippen molar-refractivity contribution in [3.05, 3.63) is 29.3 Å². The van der Waals surface area contributed by atoms with Crippen molar-refractivity contribution in [1.82, 2.24) is 0 Å². The van der Waals surface area contributed by atoms with Gasteiger partial charge in [0, 0.05) is 5.56 Å².